The molecule has 0 atom stereocenters. The lowest BCUT2D eigenvalue weighted by Gasteiger charge is -2.31. The third kappa shape index (κ3) is 5.82. The van der Waals surface area contributed by atoms with Gasteiger partial charge in [0.15, 0.2) is 0 Å². The Balaban J connectivity index is 1.64. The summed E-state index contributed by atoms with van der Waals surface area (Å²) in [5.41, 5.74) is 3.26. The summed E-state index contributed by atoms with van der Waals surface area (Å²) >= 11 is 0. The first-order chi connectivity index (χ1) is 15.6. The molecule has 2 aromatic carbocycles. The fourth-order valence-electron chi connectivity index (χ4n) is 4.32. The number of piperidine rings is 1. The van der Waals surface area contributed by atoms with E-state index >= 15 is 0 Å². The van der Waals surface area contributed by atoms with Gasteiger partial charge in [0.1, 0.15) is 0 Å². The summed E-state index contributed by atoms with van der Waals surface area (Å²) in [7, 11) is -3.76. The van der Waals surface area contributed by atoms with E-state index in [0.29, 0.717) is 54.9 Å². The molecule has 1 aliphatic heterocycles. The Morgan fingerprint density at radius 3 is 2.18 bits per heavy atom. The Kier molecular flexibility index (Phi) is 7.58. The normalized spacial score (nSPS) is 14.6. The predicted molar refractivity (Wildman–Crippen MR) is 130 cm³/mol. The van der Waals surface area contributed by atoms with Gasteiger partial charge >= 0.3 is 0 Å². The summed E-state index contributed by atoms with van der Waals surface area (Å²) in [6, 6.07) is 10.1. The van der Waals surface area contributed by atoms with Crippen LogP contribution < -0.4 is 10.0 Å². The number of likely N-dealkylation sites (tertiary alicyclic amines) is 1. The molecule has 0 bridgehead atoms. The lowest BCUT2D eigenvalue weighted by Crippen LogP contribution is -2.43. The highest BCUT2D eigenvalue weighted by Crippen LogP contribution is 2.25. The zero-order valence-electron chi connectivity index (χ0n) is 19.3. The molecule has 0 aromatic heterocycles. The maximum absolute atomic E-state index is 12.9. The largest absolute Gasteiger partial charge is 0.352 e. The molecule has 0 spiro atoms. The fraction of sp³-hybridized carbons (Fsp3) is 0.360. The van der Waals surface area contributed by atoms with Crippen molar-refractivity contribution in [3.05, 3.63) is 71.3 Å². The van der Waals surface area contributed by atoms with Crippen LogP contribution in [0.4, 0.5) is 5.69 Å². The van der Waals surface area contributed by atoms with E-state index < -0.39 is 10.0 Å². The van der Waals surface area contributed by atoms with E-state index in [4.69, 9.17) is 0 Å². The molecule has 0 radical (unpaired) electrons. The van der Waals surface area contributed by atoms with Crippen molar-refractivity contribution in [3.8, 4) is 0 Å². The van der Waals surface area contributed by atoms with E-state index in [1.54, 1.807) is 49.1 Å². The average Bonchev–Trinajstić information content (AvgIpc) is 2.76. The van der Waals surface area contributed by atoms with E-state index in [1.165, 1.54) is 0 Å². The molecule has 8 heteroatoms. The van der Waals surface area contributed by atoms with E-state index in [9.17, 15) is 18.0 Å². The number of sulfonamides is 1. The number of aryl methyl sites for hydroxylation is 3. The Morgan fingerprint density at radius 1 is 1.06 bits per heavy atom. The van der Waals surface area contributed by atoms with Crippen LogP contribution >= 0.6 is 0 Å². The number of carbonyl (C=O) groups is 2. The van der Waals surface area contributed by atoms with Crippen molar-refractivity contribution in [2.24, 2.45) is 5.92 Å². The monoisotopic (exact) mass is 469 g/mol. The second-order valence-corrected chi connectivity index (χ2v) is 10.1. The molecule has 33 heavy (non-hydrogen) atoms. The van der Waals surface area contributed by atoms with Crippen LogP contribution in [0.25, 0.3) is 0 Å². The van der Waals surface area contributed by atoms with Crippen molar-refractivity contribution in [1.29, 1.82) is 0 Å². The number of hydrogen-bond donors (Lipinski definition) is 2. The fourth-order valence-corrected chi connectivity index (χ4v) is 5.84. The number of carbonyl (C=O) groups excluding carboxylic acids is 2. The van der Waals surface area contributed by atoms with Crippen LogP contribution in [-0.4, -0.2) is 44.8 Å². The number of hydrogen-bond acceptors (Lipinski definition) is 4. The van der Waals surface area contributed by atoms with Crippen molar-refractivity contribution in [2.45, 2.75) is 38.5 Å². The number of amides is 2. The summed E-state index contributed by atoms with van der Waals surface area (Å²) < 4.78 is 28.5. The van der Waals surface area contributed by atoms with Crippen LogP contribution in [0.15, 0.2) is 53.9 Å². The average molecular weight is 470 g/mol. The van der Waals surface area contributed by atoms with Gasteiger partial charge in [-0.25, -0.2) is 8.42 Å². The first-order valence-corrected chi connectivity index (χ1v) is 12.5. The Labute approximate surface area is 195 Å². The van der Waals surface area contributed by atoms with Crippen molar-refractivity contribution >= 4 is 27.5 Å². The van der Waals surface area contributed by atoms with Gasteiger partial charge in [-0.3, -0.25) is 14.3 Å². The predicted octanol–water partition coefficient (Wildman–Crippen LogP) is 3.57. The molecule has 1 aliphatic rings. The second kappa shape index (κ2) is 10.2. The van der Waals surface area contributed by atoms with Gasteiger partial charge in [0.25, 0.3) is 15.9 Å². The van der Waals surface area contributed by atoms with Gasteiger partial charge in [0, 0.05) is 36.8 Å². The van der Waals surface area contributed by atoms with Crippen LogP contribution in [0.3, 0.4) is 0 Å². The Bertz CT molecular complexity index is 1130. The lowest BCUT2D eigenvalue weighted by molar-refractivity contribution is -0.126. The molecule has 0 unspecified atom stereocenters. The van der Waals surface area contributed by atoms with Gasteiger partial charge in [0.05, 0.1) is 4.90 Å². The molecule has 1 fully saturated rings. The maximum atomic E-state index is 12.9. The number of nitrogens with one attached hydrogen (secondary N) is 2. The third-order valence-electron chi connectivity index (χ3n) is 5.83. The number of anilines is 1. The summed E-state index contributed by atoms with van der Waals surface area (Å²) in [5.74, 6) is -0.225. The third-order valence-corrected chi connectivity index (χ3v) is 7.52. The molecule has 3 rings (SSSR count). The summed E-state index contributed by atoms with van der Waals surface area (Å²) in [4.78, 5) is 27.0. The maximum Gasteiger partial charge on any atom is 0.262 e. The summed E-state index contributed by atoms with van der Waals surface area (Å²) in [6.07, 6.45) is 2.87. The topological polar surface area (TPSA) is 95.6 Å². The van der Waals surface area contributed by atoms with Crippen LogP contribution in [0.5, 0.6) is 0 Å². The van der Waals surface area contributed by atoms with E-state index in [0.717, 1.165) is 5.56 Å². The van der Waals surface area contributed by atoms with Gasteiger partial charge in [0.2, 0.25) is 5.91 Å². The van der Waals surface area contributed by atoms with Gasteiger partial charge < -0.3 is 10.2 Å². The number of rotatable bonds is 7. The highest BCUT2D eigenvalue weighted by molar-refractivity contribution is 7.92. The minimum atomic E-state index is -3.76. The molecule has 2 amide bonds. The van der Waals surface area contributed by atoms with Crippen molar-refractivity contribution in [2.75, 3.05) is 24.4 Å². The van der Waals surface area contributed by atoms with Gasteiger partial charge in [-0.1, -0.05) is 23.8 Å². The molecule has 1 heterocycles. The number of nitrogens with zero attached hydrogens (tertiary/aromatic N) is 1. The van der Waals surface area contributed by atoms with E-state index in [2.05, 4.69) is 16.6 Å². The zero-order chi connectivity index (χ0) is 24.2. The highest BCUT2D eigenvalue weighted by atomic mass is 32.2. The van der Waals surface area contributed by atoms with Gasteiger partial charge in [-0.2, -0.15) is 0 Å². The minimum absolute atomic E-state index is 0.00214. The van der Waals surface area contributed by atoms with Crippen LogP contribution in [0, 0.1) is 26.7 Å². The molecule has 0 aliphatic carbocycles. The number of benzene rings is 2. The molecule has 2 aromatic rings. The SMILES string of the molecule is C=CCNC(=O)C1CCN(C(=O)c2ccc(NS(=O)(=O)c3c(C)cc(C)cc3C)cc2)CC1. The van der Waals surface area contributed by atoms with Crippen molar-refractivity contribution in [3.63, 3.8) is 0 Å². The zero-order valence-corrected chi connectivity index (χ0v) is 20.2. The van der Waals surface area contributed by atoms with Crippen molar-refractivity contribution < 1.29 is 18.0 Å². The van der Waals surface area contributed by atoms with Crippen molar-refractivity contribution in [1.82, 2.24) is 10.2 Å². The van der Waals surface area contributed by atoms with Crippen LogP contribution in [-0.2, 0) is 14.8 Å². The summed E-state index contributed by atoms with van der Waals surface area (Å²) in [6.45, 7) is 10.5. The Hall–Kier alpha value is -3.13. The molecule has 176 valence electrons. The molecule has 1 saturated heterocycles. The summed E-state index contributed by atoms with van der Waals surface area (Å²) in [5, 5.41) is 2.81. The molecule has 7 nitrogen and oxygen atoms in total. The standard InChI is InChI=1S/C25H31N3O4S/c1-5-12-26-24(29)20-10-13-28(14-11-20)25(30)21-6-8-22(9-7-21)27-33(31,32)23-18(3)15-17(2)16-19(23)4/h5-9,15-16,20,27H,1,10-14H2,2-4H3,(H,26,29). The van der Waals surface area contributed by atoms with E-state index in [1.807, 2.05) is 19.1 Å². The Morgan fingerprint density at radius 2 is 1.64 bits per heavy atom. The minimum Gasteiger partial charge on any atom is -0.352 e. The van der Waals surface area contributed by atoms with Crippen LogP contribution in [0.1, 0.15) is 39.9 Å². The first-order valence-electron chi connectivity index (χ1n) is 11.0. The van der Waals surface area contributed by atoms with Gasteiger partial charge in [-0.15, -0.1) is 6.58 Å². The highest BCUT2D eigenvalue weighted by Gasteiger charge is 2.27. The van der Waals surface area contributed by atoms with E-state index in [-0.39, 0.29) is 22.6 Å². The molecular weight excluding hydrogens is 438 g/mol. The quantitative estimate of drug-likeness (QED) is 0.606. The molecule has 0 saturated carbocycles. The van der Waals surface area contributed by atoms with Crippen LogP contribution in [0.2, 0.25) is 0 Å². The smallest absolute Gasteiger partial charge is 0.262 e. The lowest BCUT2D eigenvalue weighted by atomic mass is 9.95. The van der Waals surface area contributed by atoms with Gasteiger partial charge in [-0.05, 0) is 69.0 Å². The second-order valence-electron chi connectivity index (χ2n) is 8.51. The molecule has 2 N–H and O–H groups in total. The first kappa shape index (κ1) is 24.5. The molecular formula is C25H31N3O4S.